The van der Waals surface area contributed by atoms with E-state index >= 15 is 0 Å². The highest BCUT2D eigenvalue weighted by molar-refractivity contribution is 6.31. The highest BCUT2D eigenvalue weighted by atomic mass is 35.5. The summed E-state index contributed by atoms with van der Waals surface area (Å²) in [6.07, 6.45) is 3.47. The van der Waals surface area contributed by atoms with Crippen LogP contribution in [0, 0.1) is 0 Å². The number of hydrogen-bond donors (Lipinski definition) is 2. The Morgan fingerprint density at radius 3 is 2.91 bits per heavy atom. The van der Waals surface area contributed by atoms with E-state index in [9.17, 15) is 4.79 Å². The zero-order valence-electron chi connectivity index (χ0n) is 12.7. The Hall–Kier alpha value is -2.54. The van der Waals surface area contributed by atoms with Crippen LogP contribution in [0.4, 0.5) is 4.79 Å². The number of rotatable bonds is 5. The molecule has 3 rings (SSSR count). The predicted molar refractivity (Wildman–Crippen MR) is 88.2 cm³/mol. The van der Waals surface area contributed by atoms with Crippen LogP contribution in [0.3, 0.4) is 0 Å². The Morgan fingerprint density at radius 2 is 2.13 bits per heavy atom. The van der Waals surface area contributed by atoms with Gasteiger partial charge < -0.3 is 15.2 Å². The van der Waals surface area contributed by atoms with Gasteiger partial charge in [-0.3, -0.25) is 4.68 Å². The third kappa shape index (κ3) is 3.62. The number of halogens is 1. The summed E-state index contributed by atoms with van der Waals surface area (Å²) in [5, 5.41) is 10.2. The number of benzene rings is 1. The van der Waals surface area contributed by atoms with Crippen molar-refractivity contribution in [3.05, 3.63) is 47.5 Å². The van der Waals surface area contributed by atoms with Gasteiger partial charge in [0.25, 0.3) is 0 Å². The number of aromatic nitrogens is 4. The number of hydrogen-bond acceptors (Lipinski definition) is 3. The first-order chi connectivity index (χ1) is 11.1. The lowest BCUT2D eigenvalue weighted by Crippen LogP contribution is -2.36. The Labute approximate surface area is 138 Å². The molecule has 2 amide bonds. The lowest BCUT2D eigenvalue weighted by atomic mass is 10.3. The van der Waals surface area contributed by atoms with E-state index in [0.717, 1.165) is 11.0 Å². The minimum Gasteiger partial charge on any atom is -0.336 e. The van der Waals surface area contributed by atoms with Crippen LogP contribution in [-0.2, 0) is 20.1 Å². The highest BCUT2D eigenvalue weighted by Gasteiger charge is 2.07. The van der Waals surface area contributed by atoms with Crippen LogP contribution in [0.5, 0.6) is 0 Å². The van der Waals surface area contributed by atoms with Gasteiger partial charge in [0.15, 0.2) is 0 Å². The van der Waals surface area contributed by atoms with Gasteiger partial charge in [0.1, 0.15) is 5.69 Å². The summed E-state index contributed by atoms with van der Waals surface area (Å²) in [5.41, 5.74) is 2.64. The zero-order chi connectivity index (χ0) is 16.2. The average Bonchev–Trinajstić information content (AvgIpc) is 3.08. The first-order valence-electron chi connectivity index (χ1n) is 7.23. The van der Waals surface area contributed by atoms with E-state index in [4.69, 9.17) is 11.6 Å². The molecule has 0 bridgehead atoms. The fourth-order valence-corrected chi connectivity index (χ4v) is 2.58. The summed E-state index contributed by atoms with van der Waals surface area (Å²) >= 11 is 5.99. The Morgan fingerprint density at radius 1 is 1.30 bits per heavy atom. The van der Waals surface area contributed by atoms with Crippen molar-refractivity contribution in [1.82, 2.24) is 30.0 Å². The van der Waals surface area contributed by atoms with E-state index in [1.807, 2.05) is 28.8 Å². The monoisotopic (exact) mass is 332 g/mol. The number of aryl methyl sites for hydroxylation is 1. The van der Waals surface area contributed by atoms with Gasteiger partial charge in [0.05, 0.1) is 28.9 Å². The molecule has 2 N–H and O–H groups in total. The molecule has 0 aliphatic carbocycles. The maximum Gasteiger partial charge on any atom is 0.315 e. The second-order valence-corrected chi connectivity index (χ2v) is 5.54. The van der Waals surface area contributed by atoms with Crippen LogP contribution in [0.15, 0.2) is 36.8 Å². The normalized spacial score (nSPS) is 10.9. The van der Waals surface area contributed by atoms with E-state index in [0.29, 0.717) is 30.4 Å². The first-order valence-corrected chi connectivity index (χ1v) is 7.61. The quantitative estimate of drug-likeness (QED) is 0.749. The van der Waals surface area contributed by atoms with Crippen molar-refractivity contribution in [1.29, 1.82) is 0 Å². The predicted octanol–water partition coefficient (Wildman–Crippen LogP) is 1.92. The minimum atomic E-state index is -0.254. The topological polar surface area (TPSA) is 76.8 Å². The van der Waals surface area contributed by atoms with E-state index in [1.54, 1.807) is 24.3 Å². The fourth-order valence-electron chi connectivity index (χ4n) is 2.33. The molecular formula is C15H17ClN6O. The van der Waals surface area contributed by atoms with Gasteiger partial charge >= 0.3 is 6.03 Å². The van der Waals surface area contributed by atoms with Crippen molar-refractivity contribution in [2.45, 2.75) is 13.1 Å². The maximum atomic E-state index is 11.8. The standard InChI is InChI=1S/C15H17ClN6O/c1-21-9-11(16)13(20-21)8-18-15(23)17-6-7-22-10-19-12-4-2-3-5-14(12)22/h2-5,9-10H,6-8H2,1H3,(H2,17,18,23). The van der Waals surface area contributed by atoms with Crippen LogP contribution < -0.4 is 10.6 Å². The third-order valence-corrected chi connectivity index (χ3v) is 3.75. The SMILES string of the molecule is Cn1cc(Cl)c(CNC(=O)NCCn2cnc3ccccc32)n1. The van der Waals surface area contributed by atoms with Gasteiger partial charge in [-0.15, -0.1) is 0 Å². The number of urea groups is 1. The number of fused-ring (bicyclic) bond motifs is 1. The van der Waals surface area contributed by atoms with E-state index in [1.165, 1.54) is 0 Å². The lowest BCUT2D eigenvalue weighted by Gasteiger charge is -2.08. The van der Waals surface area contributed by atoms with Crippen LogP contribution in [0.2, 0.25) is 5.02 Å². The van der Waals surface area contributed by atoms with Crippen molar-refractivity contribution in [3.63, 3.8) is 0 Å². The lowest BCUT2D eigenvalue weighted by molar-refractivity contribution is 0.240. The summed E-state index contributed by atoms with van der Waals surface area (Å²) in [6, 6.07) is 7.63. The maximum absolute atomic E-state index is 11.8. The van der Waals surface area contributed by atoms with Crippen molar-refractivity contribution >= 4 is 28.7 Å². The number of nitrogens with zero attached hydrogens (tertiary/aromatic N) is 4. The number of amides is 2. The molecule has 3 aromatic rings. The van der Waals surface area contributed by atoms with Crippen molar-refractivity contribution in [3.8, 4) is 0 Å². The van der Waals surface area contributed by atoms with E-state index < -0.39 is 0 Å². The number of carbonyl (C=O) groups is 1. The summed E-state index contributed by atoms with van der Waals surface area (Å²) in [7, 11) is 1.78. The van der Waals surface area contributed by atoms with Crippen LogP contribution in [0.1, 0.15) is 5.69 Å². The molecule has 0 spiro atoms. The second-order valence-electron chi connectivity index (χ2n) is 5.13. The fraction of sp³-hybridized carbons (Fsp3) is 0.267. The van der Waals surface area contributed by atoms with Gasteiger partial charge in [-0.25, -0.2) is 9.78 Å². The summed E-state index contributed by atoms with van der Waals surface area (Å²) < 4.78 is 3.62. The van der Waals surface area contributed by atoms with E-state index in [-0.39, 0.29) is 6.03 Å². The molecule has 0 saturated heterocycles. The van der Waals surface area contributed by atoms with Crippen LogP contribution in [0.25, 0.3) is 11.0 Å². The molecule has 0 saturated carbocycles. The molecule has 2 heterocycles. The molecular weight excluding hydrogens is 316 g/mol. The Balaban J connectivity index is 1.47. The summed E-state index contributed by atoms with van der Waals surface area (Å²) in [6.45, 7) is 1.44. The molecule has 0 radical (unpaired) electrons. The molecule has 23 heavy (non-hydrogen) atoms. The average molecular weight is 333 g/mol. The van der Waals surface area contributed by atoms with E-state index in [2.05, 4.69) is 20.7 Å². The number of nitrogens with one attached hydrogen (secondary N) is 2. The Bertz CT molecular complexity index is 824. The van der Waals surface area contributed by atoms with Gasteiger partial charge in [0, 0.05) is 26.3 Å². The van der Waals surface area contributed by atoms with Gasteiger partial charge in [-0.2, -0.15) is 5.10 Å². The summed E-state index contributed by atoms with van der Waals surface area (Å²) in [4.78, 5) is 16.1. The Kier molecular flexibility index (Phi) is 4.47. The van der Waals surface area contributed by atoms with Crippen molar-refractivity contribution in [2.75, 3.05) is 6.54 Å². The third-order valence-electron chi connectivity index (χ3n) is 3.44. The molecule has 8 heteroatoms. The smallest absolute Gasteiger partial charge is 0.315 e. The molecule has 120 valence electrons. The van der Waals surface area contributed by atoms with Crippen molar-refractivity contribution < 1.29 is 4.79 Å². The van der Waals surface area contributed by atoms with Crippen molar-refractivity contribution in [2.24, 2.45) is 7.05 Å². The largest absolute Gasteiger partial charge is 0.336 e. The van der Waals surface area contributed by atoms with Crippen LogP contribution >= 0.6 is 11.6 Å². The molecule has 0 fully saturated rings. The van der Waals surface area contributed by atoms with Gasteiger partial charge in [0.2, 0.25) is 0 Å². The molecule has 7 nitrogen and oxygen atoms in total. The molecule has 0 atom stereocenters. The zero-order valence-corrected chi connectivity index (χ0v) is 13.4. The molecule has 0 aliphatic rings. The molecule has 0 aliphatic heterocycles. The molecule has 2 aromatic heterocycles. The van der Waals surface area contributed by atoms with Gasteiger partial charge in [-0.05, 0) is 12.1 Å². The number of para-hydroxylation sites is 2. The number of imidazole rings is 1. The summed E-state index contributed by atoms with van der Waals surface area (Å²) in [5.74, 6) is 0. The van der Waals surface area contributed by atoms with Gasteiger partial charge in [-0.1, -0.05) is 23.7 Å². The second kappa shape index (κ2) is 6.70. The highest BCUT2D eigenvalue weighted by Crippen LogP contribution is 2.12. The molecule has 1 aromatic carbocycles. The first kappa shape index (κ1) is 15.4. The minimum absolute atomic E-state index is 0.254. The molecule has 0 unspecified atom stereocenters. The number of carbonyl (C=O) groups excluding carboxylic acids is 1. The van der Waals surface area contributed by atoms with Crippen LogP contribution in [-0.4, -0.2) is 31.9 Å².